The molecule has 1 atom stereocenters. The van der Waals surface area contributed by atoms with Gasteiger partial charge in [0.2, 0.25) is 5.91 Å². The molecule has 1 aliphatic rings. The first-order valence-electron chi connectivity index (χ1n) is 9.75. The van der Waals surface area contributed by atoms with Crippen molar-refractivity contribution in [3.63, 3.8) is 0 Å². The molecule has 1 aromatic carbocycles. The van der Waals surface area contributed by atoms with Crippen LogP contribution in [0.25, 0.3) is 0 Å². The molecule has 2 amide bonds. The summed E-state index contributed by atoms with van der Waals surface area (Å²) in [7, 11) is 0. The molecule has 0 unspecified atom stereocenters. The number of nitrogens with one attached hydrogen (secondary N) is 1. The lowest BCUT2D eigenvalue weighted by Crippen LogP contribution is -2.57. The lowest BCUT2D eigenvalue weighted by atomic mass is 9.94. The summed E-state index contributed by atoms with van der Waals surface area (Å²) in [5.41, 5.74) is 1.01. The minimum Gasteiger partial charge on any atom is -0.444 e. The number of rotatable bonds is 5. The van der Waals surface area contributed by atoms with Gasteiger partial charge in [-0.3, -0.25) is 9.78 Å². The lowest BCUT2D eigenvalue weighted by molar-refractivity contribution is -0.138. The molecule has 2 aromatic rings. The zero-order valence-corrected chi connectivity index (χ0v) is 18.7. The second kappa shape index (κ2) is 9.23. The van der Waals surface area contributed by atoms with E-state index in [0.717, 1.165) is 11.3 Å². The number of ether oxygens (including phenoxy) is 1. The monoisotopic (exact) mass is 449 g/mol. The Kier molecular flexibility index (Phi) is 6.88. The minimum absolute atomic E-state index is 0.181. The number of pyridine rings is 1. The van der Waals surface area contributed by atoms with Gasteiger partial charge in [-0.2, -0.15) is 0 Å². The molecule has 0 bridgehead atoms. The number of benzene rings is 1. The summed E-state index contributed by atoms with van der Waals surface area (Å²) in [6.07, 6.45) is 1.33. The van der Waals surface area contributed by atoms with Crippen molar-refractivity contribution >= 4 is 35.2 Å². The number of amides is 2. The summed E-state index contributed by atoms with van der Waals surface area (Å²) < 4.78 is 5.34. The quantitative estimate of drug-likeness (QED) is 0.731. The Hall–Kier alpha value is -2.31. The van der Waals surface area contributed by atoms with Crippen molar-refractivity contribution in [2.24, 2.45) is 0 Å². The smallest absolute Gasteiger partial charge is 0.408 e. The lowest BCUT2D eigenvalue weighted by Gasteiger charge is -2.41. The van der Waals surface area contributed by atoms with E-state index in [9.17, 15) is 9.59 Å². The molecule has 2 heterocycles. The molecule has 3 rings (SSSR count). The Balaban J connectivity index is 1.71. The molecular formula is C22H25Cl2N3O3. The molecule has 0 aliphatic carbocycles. The minimum atomic E-state index is -0.803. The zero-order chi connectivity index (χ0) is 21.9. The van der Waals surface area contributed by atoms with Crippen molar-refractivity contribution in [3.05, 3.63) is 63.9 Å². The van der Waals surface area contributed by atoms with Gasteiger partial charge in [-0.1, -0.05) is 35.3 Å². The first-order chi connectivity index (χ1) is 14.1. The molecular weight excluding hydrogens is 425 g/mol. The summed E-state index contributed by atoms with van der Waals surface area (Å²) in [6.45, 7) is 6.42. The molecule has 1 aliphatic heterocycles. The first-order valence-corrected chi connectivity index (χ1v) is 10.5. The summed E-state index contributed by atoms with van der Waals surface area (Å²) in [6, 6.07) is 10.0. The number of alkyl carbamates (subject to hydrolysis) is 1. The molecule has 1 aromatic heterocycles. The topological polar surface area (TPSA) is 71.5 Å². The van der Waals surface area contributed by atoms with Crippen LogP contribution in [-0.4, -0.2) is 46.6 Å². The molecule has 30 heavy (non-hydrogen) atoms. The van der Waals surface area contributed by atoms with E-state index in [-0.39, 0.29) is 18.2 Å². The summed E-state index contributed by atoms with van der Waals surface area (Å²) in [4.78, 5) is 31.6. The van der Waals surface area contributed by atoms with E-state index in [1.165, 1.54) is 0 Å². The Labute approximate surface area is 186 Å². The van der Waals surface area contributed by atoms with E-state index < -0.39 is 17.7 Å². The number of hydrogen-bond acceptors (Lipinski definition) is 4. The van der Waals surface area contributed by atoms with Crippen molar-refractivity contribution in [1.29, 1.82) is 0 Å². The number of halogens is 2. The van der Waals surface area contributed by atoms with E-state index in [2.05, 4.69) is 10.3 Å². The number of carbonyl (C=O) groups is 2. The van der Waals surface area contributed by atoms with Crippen LogP contribution < -0.4 is 5.32 Å². The van der Waals surface area contributed by atoms with Crippen LogP contribution in [-0.2, 0) is 16.0 Å². The molecule has 160 valence electrons. The van der Waals surface area contributed by atoms with Gasteiger partial charge in [0.05, 0.1) is 0 Å². The first kappa shape index (κ1) is 22.4. The maximum Gasteiger partial charge on any atom is 0.408 e. The van der Waals surface area contributed by atoms with E-state index in [4.69, 9.17) is 27.9 Å². The van der Waals surface area contributed by atoms with Crippen LogP contribution in [0.2, 0.25) is 10.0 Å². The standard InChI is InChI=1S/C22H25Cl2N3O3/c1-22(2,3)30-21(29)26-19(10-14-7-8-16(23)11-17(14)24)20(28)27-12-15(13-27)18-6-4-5-9-25-18/h4-9,11,15,19H,10,12-13H2,1-3H3,(H,26,29)/t19-/m1/s1. The normalized spacial score (nSPS) is 15.3. The van der Waals surface area contributed by atoms with Crippen molar-refractivity contribution in [2.45, 2.75) is 44.8 Å². The highest BCUT2D eigenvalue weighted by Crippen LogP contribution is 2.27. The maximum absolute atomic E-state index is 13.2. The van der Waals surface area contributed by atoms with Crippen LogP contribution in [0.3, 0.4) is 0 Å². The van der Waals surface area contributed by atoms with E-state index in [0.29, 0.717) is 23.1 Å². The van der Waals surface area contributed by atoms with Crippen molar-refractivity contribution in [3.8, 4) is 0 Å². The van der Waals surface area contributed by atoms with Crippen molar-refractivity contribution in [2.75, 3.05) is 13.1 Å². The van der Waals surface area contributed by atoms with Gasteiger partial charge in [-0.15, -0.1) is 0 Å². The van der Waals surface area contributed by atoms with Crippen LogP contribution in [0.15, 0.2) is 42.6 Å². The van der Waals surface area contributed by atoms with Crippen LogP contribution in [0.4, 0.5) is 4.79 Å². The molecule has 1 fully saturated rings. The predicted octanol–water partition coefficient (Wildman–Crippen LogP) is 4.45. The van der Waals surface area contributed by atoms with Gasteiger partial charge in [-0.05, 0) is 50.6 Å². The van der Waals surface area contributed by atoms with Crippen molar-refractivity contribution < 1.29 is 14.3 Å². The van der Waals surface area contributed by atoms with Crippen LogP contribution in [0.1, 0.15) is 37.9 Å². The molecule has 1 N–H and O–H groups in total. The molecule has 0 saturated carbocycles. The van der Waals surface area contributed by atoms with Crippen LogP contribution in [0, 0.1) is 0 Å². The summed E-state index contributed by atoms with van der Waals surface area (Å²) in [5, 5.41) is 3.66. The van der Waals surface area contributed by atoms with Crippen LogP contribution >= 0.6 is 23.2 Å². The van der Waals surface area contributed by atoms with Gasteiger partial charge in [0, 0.05) is 47.4 Å². The fourth-order valence-corrected chi connectivity index (χ4v) is 3.73. The number of carbonyl (C=O) groups excluding carboxylic acids is 2. The third kappa shape index (κ3) is 5.86. The average molecular weight is 450 g/mol. The largest absolute Gasteiger partial charge is 0.444 e. The zero-order valence-electron chi connectivity index (χ0n) is 17.2. The van der Waals surface area contributed by atoms with E-state index in [1.54, 1.807) is 50.1 Å². The van der Waals surface area contributed by atoms with Crippen LogP contribution in [0.5, 0.6) is 0 Å². The second-order valence-electron chi connectivity index (χ2n) is 8.33. The SMILES string of the molecule is CC(C)(C)OC(=O)N[C@H](Cc1ccc(Cl)cc1Cl)C(=O)N1CC(c2ccccn2)C1. The third-order valence-electron chi connectivity index (χ3n) is 4.73. The molecule has 1 saturated heterocycles. The second-order valence-corrected chi connectivity index (χ2v) is 9.18. The van der Waals surface area contributed by atoms with Gasteiger partial charge in [-0.25, -0.2) is 4.79 Å². The Morgan fingerprint density at radius 1 is 1.23 bits per heavy atom. The number of nitrogens with zero attached hydrogens (tertiary/aromatic N) is 2. The van der Waals surface area contributed by atoms with Crippen molar-refractivity contribution in [1.82, 2.24) is 15.2 Å². The summed E-state index contributed by atoms with van der Waals surface area (Å²) in [5.74, 6) is 0.00973. The summed E-state index contributed by atoms with van der Waals surface area (Å²) >= 11 is 12.3. The molecule has 0 radical (unpaired) electrons. The highest BCUT2D eigenvalue weighted by Gasteiger charge is 2.37. The van der Waals surface area contributed by atoms with Gasteiger partial charge >= 0.3 is 6.09 Å². The third-order valence-corrected chi connectivity index (χ3v) is 5.31. The fraction of sp³-hybridized carbons (Fsp3) is 0.409. The Morgan fingerprint density at radius 3 is 2.57 bits per heavy atom. The molecule has 8 heteroatoms. The fourth-order valence-electron chi connectivity index (χ4n) is 3.24. The van der Waals surface area contributed by atoms with Gasteiger partial charge in [0.25, 0.3) is 0 Å². The Morgan fingerprint density at radius 2 is 1.97 bits per heavy atom. The molecule has 6 nitrogen and oxygen atoms in total. The average Bonchev–Trinajstić information content (AvgIpc) is 2.61. The number of aromatic nitrogens is 1. The number of hydrogen-bond donors (Lipinski definition) is 1. The highest BCUT2D eigenvalue weighted by molar-refractivity contribution is 6.35. The van der Waals surface area contributed by atoms with Gasteiger partial charge in [0.15, 0.2) is 0 Å². The van der Waals surface area contributed by atoms with Gasteiger partial charge in [0.1, 0.15) is 11.6 Å². The Bertz CT molecular complexity index is 910. The number of likely N-dealkylation sites (tertiary alicyclic amines) is 1. The predicted molar refractivity (Wildman–Crippen MR) is 117 cm³/mol. The highest BCUT2D eigenvalue weighted by atomic mass is 35.5. The maximum atomic E-state index is 13.2. The molecule has 0 spiro atoms. The van der Waals surface area contributed by atoms with Gasteiger partial charge < -0.3 is 15.0 Å². The van der Waals surface area contributed by atoms with E-state index in [1.807, 2.05) is 18.2 Å². The van der Waals surface area contributed by atoms with E-state index >= 15 is 0 Å².